The zero-order chi connectivity index (χ0) is 10.6. The van der Waals surface area contributed by atoms with E-state index in [0.29, 0.717) is 11.6 Å². The van der Waals surface area contributed by atoms with Crippen LogP contribution in [0.25, 0.3) is 10.4 Å². The molecule has 0 fully saturated rings. The fourth-order valence-corrected chi connectivity index (χ4v) is 1.33. The molecule has 1 rings (SSSR count). The highest BCUT2D eigenvalue weighted by Gasteiger charge is 2.18. The summed E-state index contributed by atoms with van der Waals surface area (Å²) in [5, 5.41) is 4.31. The van der Waals surface area contributed by atoms with E-state index in [0.717, 1.165) is 5.56 Å². The largest absolute Gasteiger partial charge is 0.0931 e. The zero-order valence-corrected chi connectivity index (χ0v) is 8.99. The Bertz CT molecular complexity index is 350. The van der Waals surface area contributed by atoms with Crippen molar-refractivity contribution >= 4 is 11.6 Å². The van der Waals surface area contributed by atoms with E-state index in [1.54, 1.807) is 0 Å². The van der Waals surface area contributed by atoms with Crippen LogP contribution in [0.2, 0.25) is 5.02 Å². The minimum absolute atomic E-state index is 0.142. The number of halogens is 1. The highest BCUT2D eigenvalue weighted by Crippen LogP contribution is 2.24. The lowest BCUT2D eigenvalue weighted by atomic mass is 9.85. The van der Waals surface area contributed by atoms with Crippen molar-refractivity contribution in [1.82, 2.24) is 0 Å². The molecule has 0 aliphatic carbocycles. The molecule has 3 nitrogen and oxygen atoms in total. The topological polar surface area (TPSA) is 48.8 Å². The van der Waals surface area contributed by atoms with E-state index in [2.05, 4.69) is 10.0 Å². The summed E-state index contributed by atoms with van der Waals surface area (Å²) < 4.78 is 0. The van der Waals surface area contributed by atoms with Gasteiger partial charge < -0.3 is 0 Å². The molecule has 74 valence electrons. The summed E-state index contributed by atoms with van der Waals surface area (Å²) in [7, 11) is 0. The maximum absolute atomic E-state index is 8.26. The van der Waals surface area contributed by atoms with Gasteiger partial charge in [0.05, 0.1) is 0 Å². The lowest BCUT2D eigenvalue weighted by Crippen LogP contribution is -2.20. The average molecular weight is 210 g/mol. The molecule has 1 aromatic rings. The maximum atomic E-state index is 8.26. The van der Waals surface area contributed by atoms with E-state index >= 15 is 0 Å². The Balaban J connectivity index is 2.91. The van der Waals surface area contributed by atoms with Crippen molar-refractivity contribution in [1.29, 1.82) is 0 Å². The van der Waals surface area contributed by atoms with Gasteiger partial charge in [0.25, 0.3) is 0 Å². The van der Waals surface area contributed by atoms with Gasteiger partial charge in [0, 0.05) is 16.5 Å². The first kappa shape index (κ1) is 10.9. The van der Waals surface area contributed by atoms with Gasteiger partial charge >= 0.3 is 0 Å². The first-order valence-corrected chi connectivity index (χ1v) is 4.71. The number of rotatable bonds is 3. The summed E-state index contributed by atoms with van der Waals surface area (Å²) in [5.74, 6) is 0. The van der Waals surface area contributed by atoms with Crippen molar-refractivity contribution in [3.63, 3.8) is 0 Å². The molecule has 0 aliphatic rings. The molecule has 0 bridgehead atoms. The van der Waals surface area contributed by atoms with Crippen LogP contribution < -0.4 is 0 Å². The van der Waals surface area contributed by atoms with Gasteiger partial charge in [-0.2, -0.15) is 0 Å². The molecule has 0 atom stereocenters. The van der Waals surface area contributed by atoms with E-state index in [-0.39, 0.29) is 5.41 Å². The fourth-order valence-electron chi connectivity index (χ4n) is 1.20. The summed E-state index contributed by atoms with van der Waals surface area (Å²) in [4.78, 5) is 2.76. The van der Waals surface area contributed by atoms with Gasteiger partial charge in [-0.15, -0.1) is 0 Å². The third-order valence-electron chi connectivity index (χ3n) is 2.15. The monoisotopic (exact) mass is 209 g/mol. The van der Waals surface area contributed by atoms with Crippen LogP contribution in [0.5, 0.6) is 0 Å². The van der Waals surface area contributed by atoms with Crippen LogP contribution in [0.15, 0.2) is 29.4 Å². The second-order valence-corrected chi connectivity index (χ2v) is 4.22. The van der Waals surface area contributed by atoms with Crippen molar-refractivity contribution in [3.8, 4) is 0 Å². The molecule has 0 spiro atoms. The SMILES string of the molecule is CC(C)(CN=[N+]=[N-])c1ccc(Cl)cc1. The first-order chi connectivity index (χ1) is 6.56. The van der Waals surface area contributed by atoms with Gasteiger partial charge in [-0.05, 0) is 28.6 Å². The smallest absolute Gasteiger partial charge is 0.0406 e. The van der Waals surface area contributed by atoms with Gasteiger partial charge in [0.15, 0.2) is 0 Å². The summed E-state index contributed by atoms with van der Waals surface area (Å²) in [6.07, 6.45) is 0. The third kappa shape index (κ3) is 2.66. The van der Waals surface area contributed by atoms with Crippen LogP contribution in [0.4, 0.5) is 0 Å². The lowest BCUT2D eigenvalue weighted by molar-refractivity contribution is 0.538. The molecule has 0 radical (unpaired) electrons. The summed E-state index contributed by atoms with van der Waals surface area (Å²) in [6.45, 7) is 4.51. The number of nitrogens with zero attached hydrogens (tertiary/aromatic N) is 3. The van der Waals surface area contributed by atoms with E-state index < -0.39 is 0 Å². The molecule has 0 saturated heterocycles. The highest BCUT2D eigenvalue weighted by atomic mass is 35.5. The Morgan fingerprint density at radius 2 is 1.93 bits per heavy atom. The minimum Gasteiger partial charge on any atom is -0.0931 e. The number of hydrogen-bond donors (Lipinski definition) is 0. The van der Waals surface area contributed by atoms with Gasteiger partial charge in [0.2, 0.25) is 0 Å². The molecule has 1 aromatic carbocycles. The molecular weight excluding hydrogens is 198 g/mol. The van der Waals surface area contributed by atoms with Crippen molar-refractivity contribution in [2.75, 3.05) is 6.54 Å². The molecule has 0 saturated carbocycles. The predicted octanol–water partition coefficient (Wildman–Crippen LogP) is 3.93. The molecule has 0 amide bonds. The average Bonchev–Trinajstić information content (AvgIpc) is 2.16. The van der Waals surface area contributed by atoms with Crippen LogP contribution in [0.1, 0.15) is 19.4 Å². The Morgan fingerprint density at radius 1 is 1.36 bits per heavy atom. The molecule has 0 aromatic heterocycles. The second-order valence-electron chi connectivity index (χ2n) is 3.78. The molecule has 0 heterocycles. The molecule has 0 aliphatic heterocycles. The summed E-state index contributed by atoms with van der Waals surface area (Å²) in [5.41, 5.74) is 9.24. The Hall–Kier alpha value is -1.18. The zero-order valence-electron chi connectivity index (χ0n) is 8.24. The van der Waals surface area contributed by atoms with Crippen molar-refractivity contribution < 1.29 is 0 Å². The minimum atomic E-state index is -0.142. The first-order valence-electron chi connectivity index (χ1n) is 4.33. The van der Waals surface area contributed by atoms with Gasteiger partial charge in [0.1, 0.15) is 0 Å². The standard InChI is InChI=1S/C10H12ClN3/c1-10(2,7-13-14-12)8-3-5-9(11)6-4-8/h3-6H,7H2,1-2H3. The van der Waals surface area contributed by atoms with Gasteiger partial charge in [-0.25, -0.2) is 0 Å². The second kappa shape index (κ2) is 4.36. The van der Waals surface area contributed by atoms with Crippen LogP contribution in [-0.2, 0) is 5.41 Å². The quantitative estimate of drug-likeness (QED) is 0.412. The van der Waals surface area contributed by atoms with E-state index in [1.165, 1.54) is 0 Å². The van der Waals surface area contributed by atoms with E-state index in [4.69, 9.17) is 17.1 Å². The van der Waals surface area contributed by atoms with Gasteiger partial charge in [-0.3, -0.25) is 0 Å². The van der Waals surface area contributed by atoms with Crippen molar-refractivity contribution in [2.24, 2.45) is 5.11 Å². The number of hydrogen-bond acceptors (Lipinski definition) is 1. The molecule has 0 unspecified atom stereocenters. The van der Waals surface area contributed by atoms with Crippen molar-refractivity contribution in [2.45, 2.75) is 19.3 Å². The molecule has 4 heteroatoms. The maximum Gasteiger partial charge on any atom is 0.0406 e. The molecule has 0 N–H and O–H groups in total. The molecule has 14 heavy (non-hydrogen) atoms. The van der Waals surface area contributed by atoms with Crippen LogP contribution in [-0.4, -0.2) is 6.54 Å². The lowest BCUT2D eigenvalue weighted by Gasteiger charge is -2.22. The Kier molecular flexibility index (Phi) is 3.39. The Morgan fingerprint density at radius 3 is 2.43 bits per heavy atom. The Labute approximate surface area is 88.3 Å². The van der Waals surface area contributed by atoms with Gasteiger partial charge in [-0.1, -0.05) is 42.7 Å². The normalized spacial score (nSPS) is 10.8. The highest BCUT2D eigenvalue weighted by molar-refractivity contribution is 6.30. The summed E-state index contributed by atoms with van der Waals surface area (Å²) >= 11 is 5.78. The van der Waals surface area contributed by atoms with E-state index in [9.17, 15) is 0 Å². The van der Waals surface area contributed by atoms with Crippen molar-refractivity contribution in [3.05, 3.63) is 45.3 Å². The van der Waals surface area contributed by atoms with Crippen LogP contribution in [0.3, 0.4) is 0 Å². The number of azide groups is 1. The van der Waals surface area contributed by atoms with Crippen LogP contribution >= 0.6 is 11.6 Å². The third-order valence-corrected chi connectivity index (χ3v) is 2.41. The van der Waals surface area contributed by atoms with Crippen LogP contribution in [0, 0.1) is 0 Å². The fraction of sp³-hybridized carbons (Fsp3) is 0.400. The number of benzene rings is 1. The summed E-state index contributed by atoms with van der Waals surface area (Å²) in [6, 6.07) is 7.59. The molecular formula is C10H12ClN3. The predicted molar refractivity (Wildman–Crippen MR) is 58.5 cm³/mol. The van der Waals surface area contributed by atoms with E-state index in [1.807, 2.05) is 38.1 Å².